The molecule has 0 rings (SSSR count). The van der Waals surface area contributed by atoms with E-state index in [1.807, 2.05) is 0 Å². The normalized spacial score (nSPS) is 16.2. The van der Waals surface area contributed by atoms with Gasteiger partial charge in [-0.3, -0.25) is 0 Å². The summed E-state index contributed by atoms with van der Waals surface area (Å²) in [5.41, 5.74) is -12.3. The van der Waals surface area contributed by atoms with Gasteiger partial charge in [0.15, 0.2) is 4.58 Å². The Morgan fingerprint density at radius 1 is 0.905 bits per heavy atom. The molecule has 0 aliphatic heterocycles. The van der Waals surface area contributed by atoms with Crippen LogP contribution in [0.25, 0.3) is 0 Å². The Bertz CT molecular complexity index is 503. The van der Waals surface area contributed by atoms with Crippen molar-refractivity contribution in [1.82, 2.24) is 0 Å². The van der Waals surface area contributed by atoms with Crippen molar-refractivity contribution in [2.24, 2.45) is 5.92 Å². The molecule has 0 saturated heterocycles. The molecular formula is C8H12F6O5S2. The van der Waals surface area contributed by atoms with E-state index in [0.717, 1.165) is 6.92 Å². The molecule has 0 aromatic rings. The van der Waals surface area contributed by atoms with Crippen LogP contribution in [0, 0.1) is 5.92 Å². The zero-order chi connectivity index (χ0) is 17.3. The number of hydrogen-bond donors (Lipinski definition) is 1. The van der Waals surface area contributed by atoms with Crippen molar-refractivity contribution < 1.29 is 48.3 Å². The molecule has 1 unspecified atom stereocenters. The lowest BCUT2D eigenvalue weighted by Crippen LogP contribution is -2.45. The molecule has 0 heterocycles. The number of alkyl halides is 6. The topological polar surface area (TPSA) is 88.5 Å². The van der Waals surface area contributed by atoms with Gasteiger partial charge in [0, 0.05) is 6.61 Å². The second kappa shape index (κ2) is 6.28. The van der Waals surface area contributed by atoms with Gasteiger partial charge in [-0.1, -0.05) is 6.92 Å². The third-order valence-corrected chi connectivity index (χ3v) is 7.13. The Morgan fingerprint density at radius 2 is 1.24 bits per heavy atom. The van der Waals surface area contributed by atoms with Crippen LogP contribution in [0.15, 0.2) is 0 Å². The highest BCUT2D eigenvalue weighted by atomic mass is 32.3. The standard InChI is InChI=1S/C8H12F6O5S2/c1-5(2-3-15)4-6(20(16,17)7(9,10)11)21(18,19)8(12,13)14/h5-6,15H,2-4H2,1H3. The number of aliphatic hydroxyl groups is 1. The molecule has 1 N–H and O–H groups in total. The van der Waals surface area contributed by atoms with Gasteiger partial charge in [0.2, 0.25) is 0 Å². The highest BCUT2D eigenvalue weighted by molar-refractivity contribution is 8.09. The molecule has 0 saturated carbocycles. The third kappa shape index (κ3) is 4.45. The van der Waals surface area contributed by atoms with Crippen molar-refractivity contribution in [2.45, 2.75) is 35.4 Å². The van der Waals surface area contributed by atoms with E-state index >= 15 is 0 Å². The van der Waals surface area contributed by atoms with Crippen LogP contribution in [0.1, 0.15) is 19.8 Å². The molecule has 21 heavy (non-hydrogen) atoms. The minimum atomic E-state index is -6.58. The Hall–Kier alpha value is -0.560. The monoisotopic (exact) mass is 366 g/mol. The molecular weight excluding hydrogens is 354 g/mol. The fourth-order valence-corrected chi connectivity index (χ4v) is 5.13. The average molecular weight is 366 g/mol. The van der Waals surface area contributed by atoms with Crippen LogP contribution in [0.3, 0.4) is 0 Å². The summed E-state index contributed by atoms with van der Waals surface area (Å²) in [6.07, 6.45) is -1.78. The first-order valence-electron chi connectivity index (χ1n) is 5.30. The lowest BCUT2D eigenvalue weighted by molar-refractivity contribution is -0.0474. The molecule has 128 valence electrons. The minimum absolute atomic E-state index is 0.350. The molecule has 0 aromatic heterocycles. The van der Waals surface area contributed by atoms with Gasteiger partial charge < -0.3 is 5.11 Å². The molecule has 5 nitrogen and oxygen atoms in total. The molecule has 0 aliphatic rings. The van der Waals surface area contributed by atoms with E-state index < -0.39 is 54.2 Å². The molecule has 0 bridgehead atoms. The van der Waals surface area contributed by atoms with Gasteiger partial charge in [0.05, 0.1) is 0 Å². The predicted molar refractivity (Wildman–Crippen MR) is 59.2 cm³/mol. The first-order chi connectivity index (χ1) is 9.09. The number of rotatable bonds is 6. The largest absolute Gasteiger partial charge is 0.498 e. The second-order valence-electron chi connectivity index (χ2n) is 4.26. The zero-order valence-corrected chi connectivity index (χ0v) is 12.1. The summed E-state index contributed by atoms with van der Waals surface area (Å²) in [6, 6.07) is 0. The number of hydrogen-bond acceptors (Lipinski definition) is 5. The summed E-state index contributed by atoms with van der Waals surface area (Å²) in [6.45, 7) is 0.382. The fraction of sp³-hybridized carbons (Fsp3) is 1.00. The molecule has 0 fully saturated rings. The lowest BCUT2D eigenvalue weighted by atomic mass is 10.1. The third-order valence-electron chi connectivity index (χ3n) is 2.55. The predicted octanol–water partition coefficient (Wildman–Crippen LogP) is 1.59. The highest BCUT2D eigenvalue weighted by Gasteiger charge is 2.62. The minimum Gasteiger partial charge on any atom is -0.396 e. The smallest absolute Gasteiger partial charge is 0.396 e. The fourth-order valence-electron chi connectivity index (χ4n) is 1.38. The van der Waals surface area contributed by atoms with E-state index in [1.165, 1.54) is 0 Å². The number of sulfone groups is 2. The van der Waals surface area contributed by atoms with E-state index in [1.54, 1.807) is 0 Å². The maximum Gasteiger partial charge on any atom is 0.498 e. The lowest BCUT2D eigenvalue weighted by Gasteiger charge is -2.23. The van der Waals surface area contributed by atoms with Crippen LogP contribution in [0.2, 0.25) is 0 Å². The number of aliphatic hydroxyl groups excluding tert-OH is 1. The van der Waals surface area contributed by atoms with Gasteiger partial charge in [-0.25, -0.2) is 16.8 Å². The van der Waals surface area contributed by atoms with Crippen molar-refractivity contribution in [3.8, 4) is 0 Å². The van der Waals surface area contributed by atoms with Crippen LogP contribution >= 0.6 is 0 Å². The first-order valence-corrected chi connectivity index (χ1v) is 8.39. The van der Waals surface area contributed by atoms with Crippen molar-refractivity contribution in [2.75, 3.05) is 6.61 Å². The number of halogens is 6. The van der Waals surface area contributed by atoms with E-state index in [-0.39, 0.29) is 6.42 Å². The van der Waals surface area contributed by atoms with Crippen LogP contribution in [0.5, 0.6) is 0 Å². The van der Waals surface area contributed by atoms with Crippen LogP contribution in [-0.2, 0) is 19.7 Å². The van der Waals surface area contributed by atoms with Crippen molar-refractivity contribution in [1.29, 1.82) is 0 Å². The van der Waals surface area contributed by atoms with Gasteiger partial charge >= 0.3 is 11.0 Å². The van der Waals surface area contributed by atoms with Crippen molar-refractivity contribution >= 4 is 19.7 Å². The Kier molecular flexibility index (Phi) is 6.11. The summed E-state index contributed by atoms with van der Waals surface area (Å²) in [7, 11) is -13.2. The van der Waals surface area contributed by atoms with Crippen LogP contribution < -0.4 is 0 Å². The molecule has 0 amide bonds. The van der Waals surface area contributed by atoms with Gasteiger partial charge in [-0.15, -0.1) is 0 Å². The molecule has 0 radical (unpaired) electrons. The van der Waals surface area contributed by atoms with Crippen LogP contribution in [0.4, 0.5) is 26.3 Å². The second-order valence-corrected chi connectivity index (χ2v) is 8.81. The van der Waals surface area contributed by atoms with Gasteiger partial charge in [0.1, 0.15) is 0 Å². The maximum absolute atomic E-state index is 12.4. The highest BCUT2D eigenvalue weighted by Crippen LogP contribution is 2.39. The zero-order valence-electron chi connectivity index (χ0n) is 10.4. The van der Waals surface area contributed by atoms with Crippen molar-refractivity contribution in [3.05, 3.63) is 0 Å². The van der Waals surface area contributed by atoms with Gasteiger partial charge in [0.25, 0.3) is 19.7 Å². The summed E-state index contributed by atoms with van der Waals surface area (Å²) >= 11 is 0. The van der Waals surface area contributed by atoms with E-state index in [9.17, 15) is 43.2 Å². The summed E-state index contributed by atoms with van der Waals surface area (Å²) in [4.78, 5) is 0. The molecule has 0 aliphatic carbocycles. The Morgan fingerprint density at radius 3 is 1.48 bits per heavy atom. The first kappa shape index (κ1) is 20.4. The van der Waals surface area contributed by atoms with Gasteiger partial charge in [-0.2, -0.15) is 26.3 Å². The Labute approximate surface area is 116 Å². The van der Waals surface area contributed by atoms with Crippen LogP contribution in [-0.4, -0.2) is 44.1 Å². The van der Waals surface area contributed by atoms with E-state index in [0.29, 0.717) is 0 Å². The maximum atomic E-state index is 12.4. The summed E-state index contributed by atoms with van der Waals surface area (Å²) < 4.78 is 115. The summed E-state index contributed by atoms with van der Waals surface area (Å²) in [5, 5.41) is 8.53. The quantitative estimate of drug-likeness (QED) is 0.722. The Balaban J connectivity index is 5.97. The van der Waals surface area contributed by atoms with Gasteiger partial charge in [-0.05, 0) is 18.8 Å². The molecule has 1 atom stereocenters. The summed E-state index contributed by atoms with van der Waals surface area (Å²) in [5.74, 6) is -1.19. The average Bonchev–Trinajstić information content (AvgIpc) is 2.22. The molecule has 0 spiro atoms. The van der Waals surface area contributed by atoms with E-state index in [4.69, 9.17) is 5.11 Å². The van der Waals surface area contributed by atoms with E-state index in [2.05, 4.69) is 0 Å². The molecule has 13 heteroatoms. The van der Waals surface area contributed by atoms with Crippen molar-refractivity contribution in [3.63, 3.8) is 0 Å². The molecule has 0 aromatic carbocycles. The SMILES string of the molecule is CC(CCO)CC(S(=O)(=O)C(F)(F)F)S(=O)(=O)C(F)(F)F.